The number of aryl methyl sites for hydroxylation is 1. The molecule has 1 aromatic rings. The summed E-state index contributed by atoms with van der Waals surface area (Å²) in [5.41, 5.74) is 2.06. The Labute approximate surface area is 168 Å². The molecule has 0 bridgehead atoms. The molecule has 0 spiro atoms. The molecule has 0 radical (unpaired) electrons. The van der Waals surface area contributed by atoms with Gasteiger partial charge in [0.1, 0.15) is 11.6 Å². The summed E-state index contributed by atoms with van der Waals surface area (Å²) in [6.07, 6.45) is 4.36. The number of rotatable bonds is 5. The Balaban J connectivity index is 1.95. The van der Waals surface area contributed by atoms with Crippen LogP contribution in [-0.2, 0) is 16.0 Å². The number of fused-ring (bicyclic) bond motifs is 1. The number of aromatic nitrogens is 2. The molecule has 1 saturated heterocycles. The fourth-order valence-electron chi connectivity index (χ4n) is 4.09. The molecule has 3 heterocycles. The van der Waals surface area contributed by atoms with E-state index >= 15 is 0 Å². The highest BCUT2D eigenvalue weighted by atomic mass is 16.2. The molecule has 1 aromatic heterocycles. The highest BCUT2D eigenvalue weighted by molar-refractivity contribution is 5.95. The van der Waals surface area contributed by atoms with Crippen molar-refractivity contribution < 1.29 is 9.59 Å². The van der Waals surface area contributed by atoms with Crippen LogP contribution >= 0.6 is 0 Å². The normalized spacial score (nSPS) is 20.4. The summed E-state index contributed by atoms with van der Waals surface area (Å²) in [4.78, 5) is 40.3. The van der Waals surface area contributed by atoms with Gasteiger partial charge in [-0.25, -0.2) is 9.97 Å². The van der Waals surface area contributed by atoms with Gasteiger partial charge in [-0.1, -0.05) is 20.3 Å². The van der Waals surface area contributed by atoms with E-state index in [1.54, 1.807) is 19.0 Å². The summed E-state index contributed by atoms with van der Waals surface area (Å²) >= 11 is 0. The Kier molecular flexibility index (Phi) is 6.33. The molecule has 0 aliphatic carbocycles. The lowest BCUT2D eigenvalue weighted by atomic mass is 9.99. The van der Waals surface area contributed by atoms with Gasteiger partial charge in [0.05, 0.1) is 12.6 Å². The van der Waals surface area contributed by atoms with Crippen molar-refractivity contribution in [3.05, 3.63) is 17.1 Å². The molecule has 28 heavy (non-hydrogen) atoms. The van der Waals surface area contributed by atoms with Crippen molar-refractivity contribution in [2.45, 2.75) is 58.9 Å². The molecule has 0 unspecified atom stereocenters. The fraction of sp³-hybridized carbons (Fsp3) is 0.714. The zero-order valence-electron chi connectivity index (χ0n) is 17.9. The second kappa shape index (κ2) is 8.55. The van der Waals surface area contributed by atoms with Crippen molar-refractivity contribution in [3.63, 3.8) is 0 Å². The van der Waals surface area contributed by atoms with Crippen molar-refractivity contribution in [2.75, 3.05) is 38.6 Å². The smallest absolute Gasteiger partial charge is 0.236 e. The van der Waals surface area contributed by atoms with E-state index in [-0.39, 0.29) is 17.9 Å². The maximum absolute atomic E-state index is 12.6. The van der Waals surface area contributed by atoms with Crippen LogP contribution in [0.2, 0.25) is 0 Å². The van der Waals surface area contributed by atoms with Gasteiger partial charge >= 0.3 is 0 Å². The fourth-order valence-corrected chi connectivity index (χ4v) is 4.09. The zero-order chi connectivity index (χ0) is 20.4. The van der Waals surface area contributed by atoms with E-state index in [1.165, 1.54) is 0 Å². The first-order chi connectivity index (χ1) is 13.3. The summed E-state index contributed by atoms with van der Waals surface area (Å²) in [7, 11) is 3.58. The minimum atomic E-state index is 0.0274. The molecule has 7 heteroatoms. The third-order valence-electron chi connectivity index (χ3n) is 5.65. The molecule has 0 aromatic carbocycles. The van der Waals surface area contributed by atoms with E-state index in [0.29, 0.717) is 31.8 Å². The minimum Gasteiger partial charge on any atom is -0.348 e. The first kappa shape index (κ1) is 20.7. The van der Waals surface area contributed by atoms with Gasteiger partial charge in [0, 0.05) is 38.3 Å². The van der Waals surface area contributed by atoms with Crippen molar-refractivity contribution >= 4 is 17.6 Å². The maximum Gasteiger partial charge on any atom is 0.236 e. The van der Waals surface area contributed by atoms with Gasteiger partial charge in [0.15, 0.2) is 0 Å². The summed E-state index contributed by atoms with van der Waals surface area (Å²) in [6.45, 7) is 8.18. The Morgan fingerprint density at radius 2 is 1.96 bits per heavy atom. The molecule has 1 fully saturated rings. The van der Waals surface area contributed by atoms with Crippen LogP contribution in [0.4, 0.5) is 5.82 Å². The van der Waals surface area contributed by atoms with E-state index in [0.717, 1.165) is 48.7 Å². The number of likely N-dealkylation sites (N-methyl/N-ethyl adjacent to an activating group) is 1. The van der Waals surface area contributed by atoms with Crippen LogP contribution in [0.5, 0.6) is 0 Å². The quantitative estimate of drug-likeness (QED) is 0.776. The Hall–Kier alpha value is -2.02. The number of hydrogen-bond acceptors (Lipinski definition) is 5. The average molecular weight is 388 g/mol. The number of piperidine rings is 1. The number of likely N-dealkylation sites (tertiary alicyclic amines) is 1. The number of anilines is 1. The molecule has 0 N–H and O–H groups in total. The van der Waals surface area contributed by atoms with Crippen LogP contribution in [0.1, 0.15) is 62.7 Å². The van der Waals surface area contributed by atoms with E-state index in [9.17, 15) is 9.59 Å². The van der Waals surface area contributed by atoms with Gasteiger partial charge < -0.3 is 4.90 Å². The molecule has 2 amide bonds. The first-order valence-corrected chi connectivity index (χ1v) is 10.4. The molecule has 154 valence electrons. The van der Waals surface area contributed by atoms with Crippen LogP contribution < -0.4 is 4.90 Å². The van der Waals surface area contributed by atoms with Crippen LogP contribution in [0.25, 0.3) is 0 Å². The van der Waals surface area contributed by atoms with E-state index in [1.807, 2.05) is 11.8 Å². The van der Waals surface area contributed by atoms with Crippen molar-refractivity contribution in [1.82, 2.24) is 19.8 Å². The largest absolute Gasteiger partial charge is 0.348 e. The molecule has 0 saturated carbocycles. The minimum absolute atomic E-state index is 0.0274. The lowest BCUT2D eigenvalue weighted by Gasteiger charge is -2.36. The Morgan fingerprint density at radius 3 is 2.64 bits per heavy atom. The molecular weight excluding hydrogens is 354 g/mol. The van der Waals surface area contributed by atoms with Crippen LogP contribution in [0.15, 0.2) is 0 Å². The number of carbonyl (C=O) groups is 2. The summed E-state index contributed by atoms with van der Waals surface area (Å²) in [6, 6.07) is 0.0274. The third kappa shape index (κ3) is 4.35. The predicted molar refractivity (Wildman–Crippen MR) is 109 cm³/mol. The van der Waals surface area contributed by atoms with Gasteiger partial charge in [-0.2, -0.15) is 0 Å². The van der Waals surface area contributed by atoms with Crippen molar-refractivity contribution in [3.8, 4) is 0 Å². The summed E-state index contributed by atoms with van der Waals surface area (Å²) in [5, 5.41) is 0. The van der Waals surface area contributed by atoms with Crippen molar-refractivity contribution in [1.29, 1.82) is 0 Å². The number of amides is 2. The molecule has 2 aliphatic heterocycles. The Morgan fingerprint density at radius 1 is 1.21 bits per heavy atom. The lowest BCUT2D eigenvalue weighted by molar-refractivity contribution is -0.131. The monoisotopic (exact) mass is 387 g/mol. The number of carbonyl (C=O) groups excluding carboxylic acids is 2. The average Bonchev–Trinajstić information content (AvgIpc) is 2.64. The molecule has 2 aliphatic rings. The number of hydrogen-bond donors (Lipinski definition) is 0. The third-order valence-corrected chi connectivity index (χ3v) is 5.65. The Bertz CT molecular complexity index is 747. The molecule has 1 atom stereocenters. The summed E-state index contributed by atoms with van der Waals surface area (Å²) in [5.74, 6) is 2.16. The standard InChI is InChI=1S/C21H33N5O2/c1-14(2)12-26-18(27)10-9-16-15(3)22-20(23-21(16)26)17-8-6-7-11-25(17)13-19(28)24(4)5/h14,17H,6-13H2,1-5H3/t17-/m1/s1. The first-order valence-electron chi connectivity index (χ1n) is 10.4. The molecule has 3 rings (SSSR count). The van der Waals surface area contributed by atoms with Gasteiger partial charge in [-0.3, -0.25) is 19.4 Å². The molecule has 7 nitrogen and oxygen atoms in total. The molecular formula is C21H33N5O2. The summed E-state index contributed by atoms with van der Waals surface area (Å²) < 4.78 is 0. The predicted octanol–water partition coefficient (Wildman–Crippen LogP) is 2.34. The van der Waals surface area contributed by atoms with E-state index < -0.39 is 0 Å². The highest BCUT2D eigenvalue weighted by Crippen LogP contribution is 2.34. The van der Waals surface area contributed by atoms with E-state index in [2.05, 4.69) is 18.7 Å². The number of nitrogens with zero attached hydrogens (tertiary/aromatic N) is 5. The van der Waals surface area contributed by atoms with Gasteiger partial charge in [-0.15, -0.1) is 0 Å². The van der Waals surface area contributed by atoms with Gasteiger partial charge in [0.25, 0.3) is 0 Å². The van der Waals surface area contributed by atoms with Crippen molar-refractivity contribution in [2.24, 2.45) is 5.92 Å². The van der Waals surface area contributed by atoms with Crippen LogP contribution in [0.3, 0.4) is 0 Å². The van der Waals surface area contributed by atoms with Gasteiger partial charge in [-0.05, 0) is 38.6 Å². The maximum atomic E-state index is 12.6. The van der Waals surface area contributed by atoms with Crippen LogP contribution in [-0.4, -0.2) is 65.3 Å². The topological polar surface area (TPSA) is 69.6 Å². The second-order valence-electron chi connectivity index (χ2n) is 8.64. The second-order valence-corrected chi connectivity index (χ2v) is 8.64. The SMILES string of the molecule is Cc1nc([C@H]2CCCCN2CC(=O)N(C)C)nc2c1CCC(=O)N2CC(C)C. The van der Waals surface area contributed by atoms with E-state index in [4.69, 9.17) is 9.97 Å². The van der Waals surface area contributed by atoms with Crippen LogP contribution in [0, 0.1) is 12.8 Å². The van der Waals surface area contributed by atoms with Gasteiger partial charge in [0.2, 0.25) is 11.8 Å². The zero-order valence-corrected chi connectivity index (χ0v) is 17.9. The lowest BCUT2D eigenvalue weighted by Crippen LogP contribution is -2.43. The highest BCUT2D eigenvalue weighted by Gasteiger charge is 2.33.